The molecule has 3 unspecified atom stereocenters. The molecule has 0 radical (unpaired) electrons. The van der Waals surface area contributed by atoms with Gasteiger partial charge in [0.1, 0.15) is 11.5 Å². The molecule has 1 saturated heterocycles. The van der Waals surface area contributed by atoms with Crippen molar-refractivity contribution in [2.24, 2.45) is 5.92 Å². The molecule has 3 aromatic rings. The first kappa shape index (κ1) is 21.8. The number of nitrogens with zero attached hydrogens (tertiary/aromatic N) is 4. The largest absolute Gasteiger partial charge is 0.350 e. The lowest BCUT2D eigenvalue weighted by Gasteiger charge is -2.27. The minimum absolute atomic E-state index is 0.0888. The van der Waals surface area contributed by atoms with E-state index in [-0.39, 0.29) is 29.7 Å². The molecule has 2 amide bonds. The third-order valence-electron chi connectivity index (χ3n) is 6.48. The van der Waals surface area contributed by atoms with E-state index in [1.165, 1.54) is 23.5 Å². The van der Waals surface area contributed by atoms with Gasteiger partial charge in [-0.25, -0.2) is 9.37 Å². The molecule has 1 aliphatic carbocycles. The number of nitrogens with one attached hydrogen (secondary N) is 1. The van der Waals surface area contributed by atoms with Gasteiger partial charge in [0, 0.05) is 25.3 Å². The minimum atomic E-state index is -0.345. The van der Waals surface area contributed by atoms with Gasteiger partial charge in [0.25, 0.3) is 11.8 Å². The highest BCUT2D eigenvalue weighted by molar-refractivity contribution is 7.15. The Balaban J connectivity index is 1.35. The zero-order valence-electron chi connectivity index (χ0n) is 18.8. The lowest BCUT2D eigenvalue weighted by molar-refractivity contribution is 0.0684. The Kier molecular flexibility index (Phi) is 5.52. The third kappa shape index (κ3) is 4.06. The number of rotatable bonds is 6. The molecule has 0 spiro atoms. The summed E-state index contributed by atoms with van der Waals surface area (Å²) < 4.78 is 15.6. The summed E-state index contributed by atoms with van der Waals surface area (Å²) >= 11 is 1.40. The number of likely N-dealkylation sites (tertiary alicyclic amines) is 1. The van der Waals surface area contributed by atoms with Crippen molar-refractivity contribution in [3.05, 3.63) is 58.2 Å². The minimum Gasteiger partial charge on any atom is -0.350 e. The Bertz CT molecular complexity index is 1240. The van der Waals surface area contributed by atoms with Gasteiger partial charge in [0.2, 0.25) is 0 Å². The van der Waals surface area contributed by atoms with E-state index in [2.05, 4.69) is 15.4 Å². The standard InChI is InChI=1S/C24H26FN5O2S/c1-4-29-12-19(13(2)28-29)23(31)26-11-18-9-16-10-20(16)30(18)24(32)21-22(33-14(3)27-21)15-6-5-7-17(25)8-15/h5-8,12,16,18,20H,4,9-11H2,1-3H3,(H,26,31). The number of hydrogen-bond donors (Lipinski definition) is 1. The van der Waals surface area contributed by atoms with E-state index in [4.69, 9.17) is 0 Å². The Morgan fingerprint density at radius 3 is 2.82 bits per heavy atom. The number of amides is 2. The maximum atomic E-state index is 13.8. The highest BCUT2D eigenvalue weighted by Crippen LogP contribution is 2.48. The number of hydrogen-bond acceptors (Lipinski definition) is 5. The van der Waals surface area contributed by atoms with Crippen molar-refractivity contribution in [3.63, 3.8) is 0 Å². The molecular formula is C24H26FN5O2S. The summed E-state index contributed by atoms with van der Waals surface area (Å²) in [5.41, 5.74) is 2.27. The highest BCUT2D eigenvalue weighted by Gasteiger charge is 2.54. The molecule has 2 fully saturated rings. The van der Waals surface area contributed by atoms with Gasteiger partial charge in [0.15, 0.2) is 0 Å². The van der Waals surface area contributed by atoms with Crippen molar-refractivity contribution in [3.8, 4) is 10.4 Å². The fourth-order valence-electron chi connectivity index (χ4n) is 4.79. The van der Waals surface area contributed by atoms with E-state index >= 15 is 0 Å². The lowest BCUT2D eigenvalue weighted by atomic mass is 10.1. The number of fused-ring (bicyclic) bond motifs is 1. The van der Waals surface area contributed by atoms with E-state index in [9.17, 15) is 14.0 Å². The normalized spacial score (nSPS) is 21.2. The van der Waals surface area contributed by atoms with E-state index in [1.54, 1.807) is 23.0 Å². The van der Waals surface area contributed by atoms with Crippen LogP contribution >= 0.6 is 11.3 Å². The maximum absolute atomic E-state index is 13.8. The summed E-state index contributed by atoms with van der Waals surface area (Å²) in [5.74, 6) is -0.191. The smallest absolute Gasteiger partial charge is 0.274 e. The van der Waals surface area contributed by atoms with Crippen molar-refractivity contribution in [1.82, 2.24) is 25.0 Å². The van der Waals surface area contributed by atoms with Crippen LogP contribution in [-0.4, -0.2) is 50.1 Å². The molecule has 5 rings (SSSR count). The van der Waals surface area contributed by atoms with Gasteiger partial charge in [-0.3, -0.25) is 14.3 Å². The van der Waals surface area contributed by atoms with Crippen LogP contribution in [0.3, 0.4) is 0 Å². The molecule has 1 saturated carbocycles. The number of aryl methyl sites for hydroxylation is 3. The van der Waals surface area contributed by atoms with Crippen LogP contribution in [0, 0.1) is 25.6 Å². The van der Waals surface area contributed by atoms with Crippen molar-refractivity contribution >= 4 is 23.2 Å². The second-order valence-electron chi connectivity index (χ2n) is 8.78. The molecule has 1 N–H and O–H groups in total. The summed E-state index contributed by atoms with van der Waals surface area (Å²) in [6, 6.07) is 6.36. The zero-order valence-corrected chi connectivity index (χ0v) is 19.7. The zero-order chi connectivity index (χ0) is 23.3. The van der Waals surface area contributed by atoms with Crippen LogP contribution in [0.1, 0.15) is 51.3 Å². The summed E-state index contributed by atoms with van der Waals surface area (Å²) in [4.78, 5) is 33.5. The molecule has 1 aliphatic heterocycles. The van der Waals surface area contributed by atoms with Crippen LogP contribution in [0.5, 0.6) is 0 Å². The molecular weight excluding hydrogens is 441 g/mol. The molecule has 2 aliphatic rings. The van der Waals surface area contributed by atoms with Crippen molar-refractivity contribution < 1.29 is 14.0 Å². The maximum Gasteiger partial charge on any atom is 0.274 e. The molecule has 0 bridgehead atoms. The fourth-order valence-corrected chi connectivity index (χ4v) is 5.69. The Labute approximate surface area is 195 Å². The Hall–Kier alpha value is -3.07. The Morgan fingerprint density at radius 2 is 2.09 bits per heavy atom. The second kappa shape index (κ2) is 8.37. The molecule has 172 valence electrons. The van der Waals surface area contributed by atoms with E-state index < -0.39 is 0 Å². The molecule has 33 heavy (non-hydrogen) atoms. The topological polar surface area (TPSA) is 80.1 Å². The predicted octanol–water partition coefficient (Wildman–Crippen LogP) is 3.82. The molecule has 7 nitrogen and oxygen atoms in total. The van der Waals surface area contributed by atoms with Crippen LogP contribution in [0.15, 0.2) is 30.5 Å². The van der Waals surface area contributed by atoms with Gasteiger partial charge in [-0.05, 0) is 57.2 Å². The predicted molar refractivity (Wildman–Crippen MR) is 124 cm³/mol. The highest BCUT2D eigenvalue weighted by atomic mass is 32.1. The summed E-state index contributed by atoms with van der Waals surface area (Å²) in [6.45, 7) is 6.72. The number of aromatic nitrogens is 3. The molecule has 9 heteroatoms. The van der Waals surface area contributed by atoms with Gasteiger partial charge in [-0.1, -0.05) is 12.1 Å². The molecule has 1 aromatic carbocycles. The van der Waals surface area contributed by atoms with Crippen LogP contribution < -0.4 is 5.32 Å². The number of benzene rings is 1. The average molecular weight is 468 g/mol. The first-order chi connectivity index (χ1) is 15.9. The van der Waals surface area contributed by atoms with Gasteiger partial charge >= 0.3 is 0 Å². The second-order valence-corrected chi connectivity index (χ2v) is 9.98. The number of thiazole rings is 1. The van der Waals surface area contributed by atoms with E-state index in [0.717, 1.165) is 17.8 Å². The SMILES string of the molecule is CCn1cc(C(=O)NCC2CC3CC3N2C(=O)c2nc(C)sc2-c2cccc(F)c2)c(C)n1. The first-order valence-corrected chi connectivity index (χ1v) is 12.1. The summed E-state index contributed by atoms with van der Waals surface area (Å²) in [7, 11) is 0. The fraction of sp³-hybridized carbons (Fsp3) is 0.417. The number of carbonyl (C=O) groups excluding carboxylic acids is 2. The summed E-state index contributed by atoms with van der Waals surface area (Å²) in [5, 5.41) is 8.10. The van der Waals surface area contributed by atoms with E-state index in [0.29, 0.717) is 46.4 Å². The van der Waals surface area contributed by atoms with E-state index in [1.807, 2.05) is 25.7 Å². The van der Waals surface area contributed by atoms with Gasteiger partial charge in [-0.15, -0.1) is 11.3 Å². The number of piperidine rings is 1. The molecule has 3 atom stereocenters. The van der Waals surface area contributed by atoms with Crippen molar-refractivity contribution in [1.29, 1.82) is 0 Å². The first-order valence-electron chi connectivity index (χ1n) is 11.2. The van der Waals surface area contributed by atoms with Crippen molar-refractivity contribution in [2.75, 3.05) is 6.54 Å². The molecule has 2 aromatic heterocycles. The van der Waals surface area contributed by atoms with Crippen LogP contribution in [0.25, 0.3) is 10.4 Å². The van der Waals surface area contributed by atoms with Gasteiger partial charge in [0.05, 0.1) is 27.2 Å². The van der Waals surface area contributed by atoms with Gasteiger partial charge in [-0.2, -0.15) is 5.10 Å². The number of carbonyl (C=O) groups is 2. The van der Waals surface area contributed by atoms with Crippen LogP contribution in [0.2, 0.25) is 0 Å². The third-order valence-corrected chi connectivity index (χ3v) is 7.50. The lowest BCUT2D eigenvalue weighted by Crippen LogP contribution is -2.45. The average Bonchev–Trinajstić information content (AvgIpc) is 3.11. The monoisotopic (exact) mass is 467 g/mol. The van der Waals surface area contributed by atoms with Crippen LogP contribution in [-0.2, 0) is 6.54 Å². The quantitative estimate of drug-likeness (QED) is 0.598. The van der Waals surface area contributed by atoms with Gasteiger partial charge < -0.3 is 10.2 Å². The summed E-state index contributed by atoms with van der Waals surface area (Å²) in [6.07, 6.45) is 3.60. The Morgan fingerprint density at radius 1 is 1.27 bits per heavy atom. The van der Waals surface area contributed by atoms with Crippen LogP contribution in [0.4, 0.5) is 4.39 Å². The van der Waals surface area contributed by atoms with Crippen molar-refractivity contribution in [2.45, 2.75) is 52.2 Å². The number of halogens is 1. The molecule has 3 heterocycles.